The molecule has 3 heteroatoms. The summed E-state index contributed by atoms with van der Waals surface area (Å²) in [7, 11) is 4.82. The van der Waals surface area contributed by atoms with Gasteiger partial charge in [-0.3, -0.25) is 0 Å². The molecule has 12 heavy (non-hydrogen) atoms. The Kier molecular flexibility index (Phi) is 4.02. The van der Waals surface area contributed by atoms with E-state index in [1.807, 2.05) is 0 Å². The Labute approximate surface area is 83.3 Å². The Morgan fingerprint density at radius 1 is 1.33 bits per heavy atom. The Balaban J connectivity index is 2.89. The molecule has 1 aromatic carbocycles. The molecule has 1 radical (unpaired) electrons. The van der Waals surface area contributed by atoms with E-state index in [2.05, 4.69) is 58.1 Å². The van der Waals surface area contributed by atoms with Gasteiger partial charge in [0.1, 0.15) is 0 Å². The monoisotopic (exact) mass is 218 g/mol. The van der Waals surface area contributed by atoms with Crippen molar-refractivity contribution in [3.8, 4) is 0 Å². The summed E-state index contributed by atoms with van der Waals surface area (Å²) in [6.07, 6.45) is 0. The van der Waals surface area contributed by atoms with Crippen LogP contribution in [0.2, 0.25) is 0 Å². The second kappa shape index (κ2) is 4.82. The van der Waals surface area contributed by atoms with Crippen molar-refractivity contribution >= 4 is 12.9 Å². The molecule has 0 saturated carbocycles. The van der Waals surface area contributed by atoms with Crippen LogP contribution in [0.5, 0.6) is 0 Å². The van der Waals surface area contributed by atoms with Gasteiger partial charge in [-0.05, 0) is 0 Å². The van der Waals surface area contributed by atoms with E-state index < -0.39 is 0 Å². The first-order chi connectivity index (χ1) is 5.74. The number of hydrogen-bond acceptors (Lipinski definition) is 1. The van der Waals surface area contributed by atoms with Crippen LogP contribution in [-0.4, -0.2) is 26.7 Å². The van der Waals surface area contributed by atoms with Crippen LogP contribution in [0.15, 0.2) is 24.3 Å². The fourth-order valence-electron chi connectivity index (χ4n) is 1.09. The second-order valence-electron chi connectivity index (χ2n) is 2.98. The van der Waals surface area contributed by atoms with Crippen LogP contribution in [0, 0.1) is 0 Å². The van der Waals surface area contributed by atoms with Gasteiger partial charge >= 0.3 is 83.1 Å². The van der Waals surface area contributed by atoms with Gasteiger partial charge in [0.15, 0.2) is 0 Å². The third-order valence-electron chi connectivity index (χ3n) is 1.60. The van der Waals surface area contributed by atoms with Crippen molar-refractivity contribution in [3.05, 3.63) is 29.8 Å². The third-order valence-corrected chi connectivity index (χ3v) is 3.17. The number of hydrogen-bond donors (Lipinski definition) is 0. The molecule has 0 atom stereocenters. The average molecular weight is 218 g/mol. The molecule has 65 valence electrons. The predicted molar refractivity (Wildman–Crippen MR) is 49.2 cm³/mol. The van der Waals surface area contributed by atoms with Crippen LogP contribution in [0.3, 0.4) is 0 Å². The van der Waals surface area contributed by atoms with Gasteiger partial charge in [0.2, 0.25) is 0 Å². The third kappa shape index (κ3) is 2.75. The van der Waals surface area contributed by atoms with Gasteiger partial charge in [-0.2, -0.15) is 0 Å². The van der Waals surface area contributed by atoms with E-state index in [0.29, 0.717) is 7.67 Å². The number of rotatable bonds is 3. The van der Waals surface area contributed by atoms with E-state index in [9.17, 15) is 0 Å². The van der Waals surface area contributed by atoms with Gasteiger partial charge in [0.05, 0.1) is 0 Å². The summed E-state index contributed by atoms with van der Waals surface area (Å²) < 4.78 is 0. The van der Waals surface area contributed by atoms with Crippen LogP contribution in [0.1, 0.15) is 5.56 Å². The summed E-state index contributed by atoms with van der Waals surface area (Å²) in [5.41, 5.74) is 1.40. The van der Waals surface area contributed by atoms with E-state index in [0.717, 1.165) is 6.54 Å². The summed E-state index contributed by atoms with van der Waals surface area (Å²) in [5.74, 6) is 0. The summed E-state index contributed by atoms with van der Waals surface area (Å²) in [4.78, 5) is 2.18. The molecule has 1 rings (SSSR count). The average Bonchev–Trinajstić information content (AvgIpc) is 2.04. The van der Waals surface area contributed by atoms with Gasteiger partial charge in [-0.1, -0.05) is 0 Å². The van der Waals surface area contributed by atoms with Gasteiger partial charge in [0, 0.05) is 0 Å². The molecule has 0 aromatic heterocycles. The Hall–Kier alpha value is -0.0836. The zero-order valence-corrected chi connectivity index (χ0v) is 9.42. The minimum absolute atomic E-state index is 0.652. The molecule has 0 aliphatic heterocycles. The van der Waals surface area contributed by atoms with Crippen LogP contribution in [-0.2, 0) is 21.4 Å². The van der Waals surface area contributed by atoms with Crippen molar-refractivity contribution in [2.24, 2.45) is 0 Å². The van der Waals surface area contributed by atoms with Gasteiger partial charge in [-0.15, -0.1) is 0 Å². The molecular formula is C9H12FeNSi. The summed E-state index contributed by atoms with van der Waals surface area (Å²) >= 11 is 3.93. The van der Waals surface area contributed by atoms with Crippen molar-refractivity contribution < 1.29 is 14.9 Å². The van der Waals surface area contributed by atoms with Crippen LogP contribution in [0.4, 0.5) is 0 Å². The van der Waals surface area contributed by atoms with Gasteiger partial charge in [0.25, 0.3) is 0 Å². The second-order valence-corrected chi connectivity index (χ2v) is 4.53. The summed E-state index contributed by atoms with van der Waals surface area (Å²) in [5, 5.41) is 1.38. The molecule has 1 aromatic rings. The van der Waals surface area contributed by atoms with Gasteiger partial charge in [-0.25, -0.2) is 0 Å². The van der Waals surface area contributed by atoms with E-state index in [-0.39, 0.29) is 0 Å². The van der Waals surface area contributed by atoms with Crippen LogP contribution in [0.25, 0.3) is 0 Å². The number of benzene rings is 1. The molecule has 0 saturated heterocycles. The zero-order chi connectivity index (χ0) is 8.97. The van der Waals surface area contributed by atoms with E-state index in [1.54, 1.807) is 0 Å². The summed E-state index contributed by atoms with van der Waals surface area (Å²) in [6.45, 7) is 1.01. The molecule has 0 aliphatic rings. The van der Waals surface area contributed by atoms with Gasteiger partial charge < -0.3 is 0 Å². The van der Waals surface area contributed by atoms with Crippen LogP contribution < -0.4 is 5.19 Å². The molecule has 0 N–H and O–H groups in total. The Morgan fingerprint density at radius 3 is 2.58 bits per heavy atom. The molecular weight excluding hydrogens is 206 g/mol. The first kappa shape index (κ1) is 10.0. The topological polar surface area (TPSA) is 3.24 Å². The normalized spacial score (nSPS) is 10.3. The fraction of sp³-hybridized carbons (Fsp3) is 0.333. The standard InChI is InChI=1S/C9H12NSi.Fe/c1-10(2)7-8-5-3-4-6-9(8)11;/h3-6H,7H2,1-2H3;. The van der Waals surface area contributed by atoms with E-state index >= 15 is 0 Å². The molecule has 0 unspecified atom stereocenters. The Morgan fingerprint density at radius 2 is 2.00 bits per heavy atom. The van der Waals surface area contributed by atoms with Crippen molar-refractivity contribution in [2.45, 2.75) is 6.54 Å². The Bertz CT molecular complexity index is 273. The minimum atomic E-state index is 0.652. The SMILES string of the molecule is CN(C)Cc1ccccc1[Si]=[Fe]. The van der Waals surface area contributed by atoms with Crippen molar-refractivity contribution in [2.75, 3.05) is 14.1 Å². The predicted octanol–water partition coefficient (Wildman–Crippen LogP) is 0.540. The molecule has 0 aliphatic carbocycles. The van der Waals surface area contributed by atoms with E-state index in [1.165, 1.54) is 10.8 Å². The first-order valence-corrected chi connectivity index (χ1v) is 6.33. The van der Waals surface area contributed by atoms with Crippen molar-refractivity contribution in [1.29, 1.82) is 0 Å². The molecule has 0 bridgehead atoms. The molecule has 0 heterocycles. The summed E-state index contributed by atoms with van der Waals surface area (Å²) in [6, 6.07) is 8.49. The van der Waals surface area contributed by atoms with Crippen molar-refractivity contribution in [3.63, 3.8) is 0 Å². The van der Waals surface area contributed by atoms with Crippen molar-refractivity contribution in [1.82, 2.24) is 4.90 Å². The van der Waals surface area contributed by atoms with E-state index in [4.69, 9.17) is 0 Å². The number of nitrogens with zero attached hydrogens (tertiary/aromatic N) is 1. The molecule has 0 fully saturated rings. The first-order valence-electron chi connectivity index (χ1n) is 3.82. The molecule has 0 spiro atoms. The zero-order valence-electron chi connectivity index (χ0n) is 7.32. The fourth-order valence-corrected chi connectivity index (χ4v) is 2.32. The maximum atomic E-state index is 3.93. The van der Waals surface area contributed by atoms with Crippen LogP contribution >= 0.6 is 0 Å². The molecule has 1 nitrogen and oxygen atoms in total. The molecule has 0 amide bonds. The maximum absolute atomic E-state index is 3.93. The quantitative estimate of drug-likeness (QED) is 0.669.